The summed E-state index contributed by atoms with van der Waals surface area (Å²) in [7, 11) is 2.79. The van der Waals surface area contributed by atoms with Crippen molar-refractivity contribution in [2.45, 2.75) is 26.4 Å². The van der Waals surface area contributed by atoms with Crippen LogP contribution in [0.1, 0.15) is 24.5 Å². The number of methoxy groups -OCH3 is 2. The fourth-order valence-electron chi connectivity index (χ4n) is 2.43. The van der Waals surface area contributed by atoms with Gasteiger partial charge in [-0.15, -0.1) is 0 Å². The van der Waals surface area contributed by atoms with Crippen LogP contribution in [0.2, 0.25) is 0 Å². The van der Waals surface area contributed by atoms with E-state index in [0.29, 0.717) is 18.8 Å². The zero-order valence-electron chi connectivity index (χ0n) is 12.4. The second-order valence-electron chi connectivity index (χ2n) is 5.17. The predicted molar refractivity (Wildman–Crippen MR) is 74.7 cm³/mol. The normalized spacial score (nSPS) is 14.5. The van der Waals surface area contributed by atoms with Crippen LogP contribution < -0.4 is 4.74 Å². The summed E-state index contributed by atoms with van der Waals surface area (Å²) >= 11 is 0. The summed E-state index contributed by atoms with van der Waals surface area (Å²) in [6.07, 6.45) is 0.115. The Bertz CT molecular complexity index is 569. The van der Waals surface area contributed by atoms with Gasteiger partial charge in [0.05, 0.1) is 20.1 Å². The first-order valence-corrected chi connectivity index (χ1v) is 6.70. The molecule has 0 aliphatic carbocycles. The number of fused-ring (bicyclic) bond motifs is 1. The Morgan fingerprint density at radius 2 is 1.90 bits per heavy atom. The maximum absolute atomic E-state index is 12.2. The quantitative estimate of drug-likeness (QED) is 0.850. The molecule has 1 atom stereocenters. The van der Waals surface area contributed by atoms with Gasteiger partial charge in [0.15, 0.2) is 11.5 Å². The SMILES string of the molecule is COC(=O)C(C)CC(=O)N1Cc2cc(O)c(OC)cc2C1. The van der Waals surface area contributed by atoms with Crippen molar-refractivity contribution in [1.82, 2.24) is 4.90 Å². The van der Waals surface area contributed by atoms with Crippen LogP contribution in [0.5, 0.6) is 11.5 Å². The van der Waals surface area contributed by atoms with Crippen LogP contribution >= 0.6 is 0 Å². The van der Waals surface area contributed by atoms with Gasteiger partial charge in [0.25, 0.3) is 0 Å². The van der Waals surface area contributed by atoms with Crippen LogP contribution in [0, 0.1) is 5.92 Å². The Balaban J connectivity index is 2.05. The number of ether oxygens (including phenoxy) is 2. The van der Waals surface area contributed by atoms with Gasteiger partial charge in [-0.05, 0) is 23.3 Å². The van der Waals surface area contributed by atoms with Crippen LogP contribution in [-0.4, -0.2) is 36.1 Å². The van der Waals surface area contributed by atoms with E-state index in [1.54, 1.807) is 24.0 Å². The number of hydrogen-bond donors (Lipinski definition) is 1. The lowest BCUT2D eigenvalue weighted by Crippen LogP contribution is -2.29. The molecule has 0 saturated carbocycles. The summed E-state index contributed by atoms with van der Waals surface area (Å²) < 4.78 is 9.69. The fourth-order valence-corrected chi connectivity index (χ4v) is 2.43. The molecule has 1 N–H and O–H groups in total. The molecule has 0 fully saturated rings. The Hall–Kier alpha value is -2.24. The molecule has 1 aliphatic rings. The first-order chi connectivity index (χ1) is 9.96. The van der Waals surface area contributed by atoms with Gasteiger partial charge in [0.1, 0.15) is 0 Å². The molecule has 0 radical (unpaired) electrons. The minimum absolute atomic E-state index is 0.0634. The molecule has 1 aliphatic heterocycles. The molecule has 0 spiro atoms. The summed E-state index contributed by atoms with van der Waals surface area (Å²) in [5.74, 6) is -0.504. The number of phenols is 1. The first kappa shape index (κ1) is 15.2. The van der Waals surface area contributed by atoms with Gasteiger partial charge in [0.2, 0.25) is 5.91 Å². The lowest BCUT2D eigenvalue weighted by Gasteiger charge is -2.17. The topological polar surface area (TPSA) is 76.1 Å². The van der Waals surface area contributed by atoms with E-state index in [1.807, 2.05) is 0 Å². The van der Waals surface area contributed by atoms with Crippen LogP contribution in [0.3, 0.4) is 0 Å². The van der Waals surface area contributed by atoms with Crippen LogP contribution in [0.25, 0.3) is 0 Å². The molecule has 1 aromatic rings. The third-order valence-corrected chi connectivity index (χ3v) is 3.66. The number of aromatic hydroxyl groups is 1. The second-order valence-corrected chi connectivity index (χ2v) is 5.17. The highest BCUT2D eigenvalue weighted by molar-refractivity contribution is 5.83. The summed E-state index contributed by atoms with van der Waals surface area (Å²) in [6, 6.07) is 3.35. The van der Waals surface area contributed by atoms with E-state index in [0.717, 1.165) is 11.1 Å². The second kappa shape index (κ2) is 6.03. The van der Waals surface area contributed by atoms with Crippen molar-refractivity contribution < 1.29 is 24.2 Å². The third kappa shape index (κ3) is 3.09. The van der Waals surface area contributed by atoms with E-state index in [2.05, 4.69) is 4.74 Å². The van der Waals surface area contributed by atoms with Gasteiger partial charge >= 0.3 is 5.97 Å². The highest BCUT2D eigenvalue weighted by atomic mass is 16.5. The summed E-state index contributed by atoms with van der Waals surface area (Å²) in [4.78, 5) is 25.2. The summed E-state index contributed by atoms with van der Waals surface area (Å²) in [5, 5.41) is 9.76. The third-order valence-electron chi connectivity index (χ3n) is 3.66. The van der Waals surface area contributed by atoms with E-state index in [9.17, 15) is 14.7 Å². The Morgan fingerprint density at radius 1 is 1.29 bits per heavy atom. The zero-order chi connectivity index (χ0) is 15.6. The van der Waals surface area contributed by atoms with Gasteiger partial charge in [-0.1, -0.05) is 6.92 Å². The number of phenolic OH excluding ortho intramolecular Hbond substituents is 1. The van der Waals surface area contributed by atoms with E-state index < -0.39 is 5.92 Å². The van der Waals surface area contributed by atoms with Crippen molar-refractivity contribution >= 4 is 11.9 Å². The van der Waals surface area contributed by atoms with Crippen LogP contribution in [-0.2, 0) is 27.4 Å². The Kier molecular flexibility index (Phi) is 4.35. The molecule has 21 heavy (non-hydrogen) atoms. The van der Waals surface area contributed by atoms with Gasteiger partial charge in [-0.25, -0.2) is 0 Å². The van der Waals surface area contributed by atoms with Crippen molar-refractivity contribution in [3.63, 3.8) is 0 Å². The van der Waals surface area contributed by atoms with Crippen molar-refractivity contribution in [3.05, 3.63) is 23.3 Å². The number of hydrogen-bond acceptors (Lipinski definition) is 5. The number of carbonyl (C=O) groups excluding carboxylic acids is 2. The van der Waals surface area contributed by atoms with Gasteiger partial charge < -0.3 is 19.5 Å². The number of nitrogens with zero attached hydrogens (tertiary/aromatic N) is 1. The maximum atomic E-state index is 12.2. The van der Waals surface area contributed by atoms with E-state index >= 15 is 0 Å². The highest BCUT2D eigenvalue weighted by Crippen LogP contribution is 2.34. The minimum Gasteiger partial charge on any atom is -0.504 e. The monoisotopic (exact) mass is 293 g/mol. The lowest BCUT2D eigenvalue weighted by atomic mass is 10.1. The molecule has 6 heteroatoms. The van der Waals surface area contributed by atoms with Crippen LogP contribution in [0.4, 0.5) is 0 Å². The number of rotatable bonds is 4. The van der Waals surface area contributed by atoms with Crippen molar-refractivity contribution in [3.8, 4) is 11.5 Å². The van der Waals surface area contributed by atoms with Gasteiger partial charge in [0, 0.05) is 19.5 Å². The molecular weight excluding hydrogens is 274 g/mol. The molecule has 2 rings (SSSR count). The van der Waals surface area contributed by atoms with E-state index in [4.69, 9.17) is 4.74 Å². The zero-order valence-corrected chi connectivity index (χ0v) is 12.4. The predicted octanol–water partition coefficient (Wildman–Crippen LogP) is 1.44. The standard InChI is InChI=1S/C15H19NO5/c1-9(15(19)21-3)4-14(18)16-7-10-5-12(17)13(20-2)6-11(10)8-16/h5-6,9,17H,4,7-8H2,1-3H3. The highest BCUT2D eigenvalue weighted by Gasteiger charge is 2.27. The van der Waals surface area contributed by atoms with Gasteiger partial charge in [-0.3, -0.25) is 9.59 Å². The minimum atomic E-state index is -0.464. The molecule has 0 bridgehead atoms. The molecule has 1 heterocycles. The van der Waals surface area contributed by atoms with Crippen molar-refractivity contribution in [1.29, 1.82) is 0 Å². The number of amides is 1. The Labute approximate surface area is 123 Å². The average Bonchev–Trinajstić information content (AvgIpc) is 2.87. The smallest absolute Gasteiger partial charge is 0.308 e. The Morgan fingerprint density at radius 3 is 2.48 bits per heavy atom. The van der Waals surface area contributed by atoms with Gasteiger partial charge in [-0.2, -0.15) is 0 Å². The number of carbonyl (C=O) groups is 2. The maximum Gasteiger partial charge on any atom is 0.308 e. The lowest BCUT2D eigenvalue weighted by molar-refractivity contribution is -0.148. The molecule has 1 amide bonds. The first-order valence-electron chi connectivity index (χ1n) is 6.70. The molecule has 1 unspecified atom stereocenters. The van der Waals surface area contributed by atoms with E-state index in [-0.39, 0.29) is 24.0 Å². The van der Waals surface area contributed by atoms with Crippen molar-refractivity contribution in [2.75, 3.05) is 14.2 Å². The summed E-state index contributed by atoms with van der Waals surface area (Å²) in [6.45, 7) is 2.56. The molecule has 1 aromatic carbocycles. The molecule has 6 nitrogen and oxygen atoms in total. The molecular formula is C15H19NO5. The number of esters is 1. The van der Waals surface area contributed by atoms with Crippen molar-refractivity contribution in [2.24, 2.45) is 5.92 Å². The molecule has 0 saturated heterocycles. The summed E-state index contributed by atoms with van der Waals surface area (Å²) in [5.41, 5.74) is 1.84. The molecule has 0 aromatic heterocycles. The largest absolute Gasteiger partial charge is 0.504 e. The fraction of sp³-hybridized carbons (Fsp3) is 0.467. The van der Waals surface area contributed by atoms with Crippen LogP contribution in [0.15, 0.2) is 12.1 Å². The van der Waals surface area contributed by atoms with E-state index in [1.165, 1.54) is 14.2 Å². The number of benzene rings is 1. The average molecular weight is 293 g/mol. The molecule has 114 valence electrons.